The molecule has 0 fully saturated rings. The number of thiazole rings is 1. The van der Waals surface area contributed by atoms with Gasteiger partial charge in [0.15, 0.2) is 16.6 Å². The quantitative estimate of drug-likeness (QED) is 0.328. The van der Waals surface area contributed by atoms with Crippen molar-refractivity contribution in [2.45, 2.75) is 13.8 Å². The molecule has 0 aliphatic heterocycles. The van der Waals surface area contributed by atoms with Crippen molar-refractivity contribution >= 4 is 50.3 Å². The van der Waals surface area contributed by atoms with Gasteiger partial charge in [0.25, 0.3) is 5.91 Å². The second-order valence-electron chi connectivity index (χ2n) is 7.42. The van der Waals surface area contributed by atoms with Gasteiger partial charge in [-0.2, -0.15) is 0 Å². The number of methoxy groups -OCH3 is 3. The average Bonchev–Trinajstić information content (AvgIpc) is 3.27. The van der Waals surface area contributed by atoms with Gasteiger partial charge in [-0.1, -0.05) is 36.8 Å². The summed E-state index contributed by atoms with van der Waals surface area (Å²) in [7, 11) is 4.67. The Morgan fingerprint density at radius 1 is 1.03 bits per heavy atom. The molecule has 0 aliphatic rings. The fourth-order valence-corrected chi connectivity index (χ4v) is 4.81. The number of anilines is 1. The Morgan fingerprint density at radius 2 is 1.71 bits per heavy atom. The molecule has 0 N–H and O–H groups in total. The number of ether oxygens (including phenoxy) is 3. The van der Waals surface area contributed by atoms with Crippen LogP contribution in [-0.2, 0) is 4.79 Å². The Morgan fingerprint density at radius 3 is 2.29 bits per heavy atom. The lowest BCUT2D eigenvalue weighted by Gasteiger charge is -2.23. The van der Waals surface area contributed by atoms with Crippen molar-refractivity contribution < 1.29 is 19.0 Å². The minimum absolute atomic E-state index is 0.161. The maximum Gasteiger partial charge on any atom is 0.252 e. The van der Waals surface area contributed by atoms with E-state index in [-0.39, 0.29) is 5.91 Å². The first-order valence-corrected chi connectivity index (χ1v) is 12.2. The van der Waals surface area contributed by atoms with Crippen LogP contribution in [0.2, 0.25) is 5.02 Å². The molecule has 0 aliphatic carbocycles. The maximum absolute atomic E-state index is 13.4. The predicted molar refractivity (Wildman–Crippen MR) is 140 cm³/mol. The molecule has 3 aromatic rings. The van der Waals surface area contributed by atoms with Gasteiger partial charge >= 0.3 is 0 Å². The minimum Gasteiger partial charge on any atom is -0.493 e. The predicted octanol–water partition coefficient (Wildman–Crippen LogP) is 5.36. The summed E-state index contributed by atoms with van der Waals surface area (Å²) in [6, 6.07) is 9.14. The zero-order valence-electron chi connectivity index (χ0n) is 20.1. The van der Waals surface area contributed by atoms with Crippen molar-refractivity contribution in [2.24, 2.45) is 0 Å². The van der Waals surface area contributed by atoms with E-state index in [1.807, 2.05) is 12.1 Å². The largest absolute Gasteiger partial charge is 0.493 e. The molecular formula is C25H30ClN3O4S. The van der Waals surface area contributed by atoms with Crippen LogP contribution in [0.25, 0.3) is 16.3 Å². The fraction of sp³-hybridized carbons (Fsp3) is 0.360. The molecule has 0 unspecified atom stereocenters. The fourth-order valence-electron chi connectivity index (χ4n) is 3.54. The van der Waals surface area contributed by atoms with Crippen molar-refractivity contribution in [3.8, 4) is 17.2 Å². The zero-order valence-corrected chi connectivity index (χ0v) is 21.7. The molecule has 9 heteroatoms. The number of carbonyl (C=O) groups excluding carboxylic acids is 1. The molecule has 0 atom stereocenters. The van der Waals surface area contributed by atoms with Gasteiger partial charge in [0.05, 0.1) is 31.5 Å². The van der Waals surface area contributed by atoms with Crippen molar-refractivity contribution in [1.29, 1.82) is 0 Å². The summed E-state index contributed by atoms with van der Waals surface area (Å²) in [5.74, 6) is 1.39. The van der Waals surface area contributed by atoms with E-state index < -0.39 is 0 Å². The number of carbonyl (C=O) groups is 1. The van der Waals surface area contributed by atoms with Crippen molar-refractivity contribution in [1.82, 2.24) is 9.88 Å². The van der Waals surface area contributed by atoms with Gasteiger partial charge < -0.3 is 19.1 Å². The Bertz CT molecular complexity index is 1140. The summed E-state index contributed by atoms with van der Waals surface area (Å²) in [4.78, 5) is 22.0. The zero-order chi connectivity index (χ0) is 24.7. The van der Waals surface area contributed by atoms with E-state index in [0.29, 0.717) is 33.9 Å². The van der Waals surface area contributed by atoms with Gasteiger partial charge in [0, 0.05) is 24.2 Å². The first-order valence-electron chi connectivity index (χ1n) is 11.0. The summed E-state index contributed by atoms with van der Waals surface area (Å²) in [6.07, 6.45) is 3.28. The Hall–Kier alpha value is -2.81. The smallest absolute Gasteiger partial charge is 0.252 e. The van der Waals surface area contributed by atoms with E-state index in [0.717, 1.165) is 35.4 Å². The van der Waals surface area contributed by atoms with Crippen LogP contribution in [0, 0.1) is 0 Å². The van der Waals surface area contributed by atoms with Crippen LogP contribution in [0.5, 0.6) is 17.2 Å². The molecule has 0 saturated heterocycles. The summed E-state index contributed by atoms with van der Waals surface area (Å²) < 4.78 is 17.2. The molecule has 0 bridgehead atoms. The van der Waals surface area contributed by atoms with Crippen molar-refractivity contribution in [2.75, 3.05) is 52.4 Å². The van der Waals surface area contributed by atoms with E-state index >= 15 is 0 Å². The first-order chi connectivity index (χ1) is 16.4. The summed E-state index contributed by atoms with van der Waals surface area (Å²) in [5.41, 5.74) is 1.57. The number of halogens is 1. The highest BCUT2D eigenvalue weighted by Gasteiger charge is 2.19. The van der Waals surface area contributed by atoms with Crippen LogP contribution in [0.15, 0.2) is 36.4 Å². The summed E-state index contributed by atoms with van der Waals surface area (Å²) in [6.45, 7) is 7.31. The van der Waals surface area contributed by atoms with E-state index in [1.165, 1.54) is 11.3 Å². The Labute approximate surface area is 209 Å². The van der Waals surface area contributed by atoms with Crippen LogP contribution in [0.4, 0.5) is 5.13 Å². The van der Waals surface area contributed by atoms with Gasteiger partial charge in [-0.25, -0.2) is 4.98 Å². The molecule has 3 rings (SSSR count). The molecule has 1 heterocycles. The highest BCUT2D eigenvalue weighted by atomic mass is 35.5. The van der Waals surface area contributed by atoms with Gasteiger partial charge in [-0.3, -0.25) is 9.69 Å². The van der Waals surface area contributed by atoms with Crippen LogP contribution < -0.4 is 19.1 Å². The average molecular weight is 504 g/mol. The Kier molecular flexibility index (Phi) is 9.15. The second kappa shape index (κ2) is 12.1. The molecule has 0 radical (unpaired) electrons. The third-order valence-electron chi connectivity index (χ3n) is 5.48. The number of amides is 1. The number of benzene rings is 2. The molecule has 2 aromatic carbocycles. The molecule has 1 aromatic heterocycles. The van der Waals surface area contributed by atoms with Crippen LogP contribution in [0.3, 0.4) is 0 Å². The van der Waals surface area contributed by atoms with Gasteiger partial charge in [-0.15, -0.1) is 0 Å². The third-order valence-corrected chi connectivity index (χ3v) is 6.75. The molecule has 0 saturated carbocycles. The van der Waals surface area contributed by atoms with Gasteiger partial charge in [0.2, 0.25) is 5.75 Å². The Balaban J connectivity index is 1.92. The standard InChI is InChI=1S/C25H30ClN3O4S/c1-6-28(7-2)12-13-29(25-27-19-10-9-18(26)16-22(19)34-25)23(30)11-8-17-14-20(31-3)24(33-5)21(15-17)32-4/h8-11,14-16H,6-7,12-13H2,1-5H3. The highest BCUT2D eigenvalue weighted by Crippen LogP contribution is 2.38. The SMILES string of the molecule is CCN(CC)CCN(C(=O)C=Cc1cc(OC)c(OC)c(OC)c1)c1nc2ccc(Cl)cc2s1. The van der Waals surface area contributed by atoms with Gasteiger partial charge in [0.1, 0.15) is 0 Å². The third kappa shape index (κ3) is 6.00. The number of aromatic nitrogens is 1. The summed E-state index contributed by atoms with van der Waals surface area (Å²) in [5, 5.41) is 1.29. The van der Waals surface area contributed by atoms with Crippen LogP contribution in [0.1, 0.15) is 19.4 Å². The van der Waals surface area contributed by atoms with E-state index in [1.54, 1.807) is 56.6 Å². The topological polar surface area (TPSA) is 64.1 Å². The van der Waals surface area contributed by atoms with E-state index in [2.05, 4.69) is 18.7 Å². The number of hydrogen-bond donors (Lipinski definition) is 0. The first kappa shape index (κ1) is 25.8. The normalized spacial score (nSPS) is 11.4. The lowest BCUT2D eigenvalue weighted by atomic mass is 10.1. The van der Waals surface area contributed by atoms with E-state index in [4.69, 9.17) is 30.8 Å². The second-order valence-corrected chi connectivity index (χ2v) is 8.86. The maximum atomic E-state index is 13.4. The number of fused-ring (bicyclic) bond motifs is 1. The molecular weight excluding hydrogens is 474 g/mol. The molecule has 1 amide bonds. The number of likely N-dealkylation sites (N-methyl/N-ethyl adjacent to an activating group) is 1. The van der Waals surface area contributed by atoms with Gasteiger partial charge in [-0.05, 0) is 55.1 Å². The summed E-state index contributed by atoms with van der Waals surface area (Å²) >= 11 is 7.60. The lowest BCUT2D eigenvalue weighted by Crippen LogP contribution is -2.38. The minimum atomic E-state index is -0.161. The monoisotopic (exact) mass is 503 g/mol. The van der Waals surface area contributed by atoms with Crippen LogP contribution in [-0.4, -0.2) is 63.3 Å². The molecule has 182 valence electrons. The number of nitrogens with zero attached hydrogens (tertiary/aromatic N) is 3. The van der Waals surface area contributed by atoms with Crippen molar-refractivity contribution in [3.63, 3.8) is 0 Å². The molecule has 34 heavy (non-hydrogen) atoms. The lowest BCUT2D eigenvalue weighted by molar-refractivity contribution is -0.114. The van der Waals surface area contributed by atoms with Crippen LogP contribution >= 0.6 is 22.9 Å². The highest BCUT2D eigenvalue weighted by molar-refractivity contribution is 7.22. The number of hydrogen-bond acceptors (Lipinski definition) is 7. The number of rotatable bonds is 11. The van der Waals surface area contributed by atoms with Crippen molar-refractivity contribution in [3.05, 3.63) is 47.0 Å². The molecule has 0 spiro atoms. The van der Waals surface area contributed by atoms with E-state index in [9.17, 15) is 4.79 Å². The molecule has 7 nitrogen and oxygen atoms in total.